The molecule has 0 unspecified atom stereocenters. The SMILES string of the molecule is C[C@@H]1SC(=S)N(CCS(=O)(=O)O)C1=O. The first-order chi connectivity index (χ1) is 6.31. The number of thiocarbonyl (C=S) groups is 1. The van der Waals surface area contributed by atoms with Crippen molar-refractivity contribution in [2.24, 2.45) is 0 Å². The summed E-state index contributed by atoms with van der Waals surface area (Å²) >= 11 is 6.09. The van der Waals surface area contributed by atoms with Crippen molar-refractivity contribution < 1.29 is 17.8 Å². The fourth-order valence-electron chi connectivity index (χ4n) is 0.983. The van der Waals surface area contributed by atoms with Crippen molar-refractivity contribution in [1.82, 2.24) is 4.90 Å². The smallest absolute Gasteiger partial charge is 0.266 e. The van der Waals surface area contributed by atoms with E-state index >= 15 is 0 Å². The third-order valence-corrected chi connectivity index (χ3v) is 3.87. The monoisotopic (exact) mass is 255 g/mol. The second-order valence-electron chi connectivity index (χ2n) is 2.80. The molecule has 1 rings (SSSR count). The van der Waals surface area contributed by atoms with E-state index in [1.54, 1.807) is 6.92 Å². The van der Waals surface area contributed by atoms with Gasteiger partial charge in [0.05, 0.1) is 11.0 Å². The summed E-state index contributed by atoms with van der Waals surface area (Å²) in [5.41, 5.74) is 0. The molecule has 14 heavy (non-hydrogen) atoms. The molecule has 0 saturated carbocycles. The Balaban J connectivity index is 2.62. The van der Waals surface area contributed by atoms with Crippen molar-refractivity contribution in [3.8, 4) is 0 Å². The Labute approximate surface area is 91.6 Å². The average molecular weight is 255 g/mol. The highest BCUT2D eigenvalue weighted by Crippen LogP contribution is 2.26. The molecule has 0 aliphatic carbocycles. The predicted octanol–water partition coefficient (Wildman–Crippen LogP) is 0.123. The lowest BCUT2D eigenvalue weighted by molar-refractivity contribution is -0.125. The molecule has 1 saturated heterocycles. The molecule has 1 heterocycles. The molecule has 8 heteroatoms. The third kappa shape index (κ3) is 2.91. The van der Waals surface area contributed by atoms with Crippen LogP contribution in [0.2, 0.25) is 0 Å². The van der Waals surface area contributed by atoms with E-state index in [4.69, 9.17) is 16.8 Å². The topological polar surface area (TPSA) is 74.7 Å². The van der Waals surface area contributed by atoms with Crippen LogP contribution in [-0.4, -0.2) is 45.6 Å². The molecule has 0 spiro atoms. The molecule has 1 amide bonds. The molecule has 1 N–H and O–H groups in total. The van der Waals surface area contributed by atoms with E-state index in [2.05, 4.69) is 0 Å². The van der Waals surface area contributed by atoms with Gasteiger partial charge in [-0.2, -0.15) is 8.42 Å². The zero-order valence-corrected chi connectivity index (χ0v) is 9.78. The van der Waals surface area contributed by atoms with E-state index in [-0.39, 0.29) is 17.7 Å². The van der Waals surface area contributed by atoms with Crippen LogP contribution in [0, 0.1) is 0 Å². The van der Waals surface area contributed by atoms with E-state index in [0.717, 1.165) is 0 Å². The molecular weight excluding hydrogens is 246 g/mol. The molecule has 0 bridgehead atoms. The summed E-state index contributed by atoms with van der Waals surface area (Å²) in [7, 11) is -4.04. The Morgan fingerprint density at radius 1 is 1.64 bits per heavy atom. The number of amides is 1. The van der Waals surface area contributed by atoms with E-state index < -0.39 is 15.9 Å². The van der Waals surface area contributed by atoms with Gasteiger partial charge in [-0.05, 0) is 6.92 Å². The maximum Gasteiger partial charge on any atom is 0.266 e. The lowest BCUT2D eigenvalue weighted by Crippen LogP contribution is -2.34. The second kappa shape index (κ2) is 4.13. The molecular formula is C6H9NO4S3. The summed E-state index contributed by atoms with van der Waals surface area (Å²) in [4.78, 5) is 12.6. The Bertz CT molecular complexity index is 363. The quantitative estimate of drug-likeness (QED) is 0.570. The van der Waals surface area contributed by atoms with Crippen LogP contribution in [-0.2, 0) is 14.9 Å². The zero-order valence-electron chi connectivity index (χ0n) is 7.34. The van der Waals surface area contributed by atoms with Crippen LogP contribution in [0.4, 0.5) is 0 Å². The molecule has 1 aliphatic heterocycles. The van der Waals surface area contributed by atoms with E-state index in [0.29, 0.717) is 4.32 Å². The maximum absolute atomic E-state index is 11.4. The number of hydrogen-bond donors (Lipinski definition) is 1. The number of rotatable bonds is 3. The van der Waals surface area contributed by atoms with Crippen LogP contribution in [0.15, 0.2) is 0 Å². The van der Waals surface area contributed by atoms with E-state index in [1.165, 1.54) is 16.7 Å². The zero-order chi connectivity index (χ0) is 10.9. The number of carbonyl (C=O) groups excluding carboxylic acids is 1. The van der Waals surface area contributed by atoms with Gasteiger partial charge in [0.25, 0.3) is 10.1 Å². The first kappa shape index (κ1) is 11.9. The van der Waals surface area contributed by atoms with Gasteiger partial charge in [-0.3, -0.25) is 14.2 Å². The molecule has 80 valence electrons. The molecule has 1 fully saturated rings. The number of thioether (sulfide) groups is 1. The normalized spacial score (nSPS) is 23.3. The van der Waals surface area contributed by atoms with Crippen molar-refractivity contribution in [2.75, 3.05) is 12.3 Å². The summed E-state index contributed by atoms with van der Waals surface area (Å²) in [6, 6.07) is 0. The average Bonchev–Trinajstić information content (AvgIpc) is 2.23. The van der Waals surface area contributed by atoms with Crippen LogP contribution < -0.4 is 0 Å². The van der Waals surface area contributed by atoms with Crippen LogP contribution in [0.1, 0.15) is 6.92 Å². The van der Waals surface area contributed by atoms with Gasteiger partial charge >= 0.3 is 0 Å². The first-order valence-corrected chi connectivity index (χ1v) is 6.68. The minimum Gasteiger partial charge on any atom is -0.296 e. The standard InChI is InChI=1S/C6H9NO4S3/c1-4-5(8)7(6(12)13-4)2-3-14(9,10)11/h4H,2-3H2,1H3,(H,9,10,11)/t4-/m0/s1. The maximum atomic E-state index is 11.4. The van der Waals surface area contributed by atoms with E-state index in [1.807, 2.05) is 0 Å². The summed E-state index contributed by atoms with van der Waals surface area (Å²) in [5, 5.41) is -0.260. The Kier molecular flexibility index (Phi) is 3.51. The third-order valence-electron chi connectivity index (χ3n) is 1.68. The Morgan fingerprint density at radius 2 is 2.21 bits per heavy atom. The minimum atomic E-state index is -4.04. The van der Waals surface area contributed by atoms with Crippen LogP contribution in [0.5, 0.6) is 0 Å². The van der Waals surface area contributed by atoms with E-state index in [9.17, 15) is 13.2 Å². The van der Waals surface area contributed by atoms with Gasteiger partial charge in [0, 0.05) is 6.54 Å². The predicted molar refractivity (Wildman–Crippen MR) is 57.8 cm³/mol. The Morgan fingerprint density at radius 3 is 2.57 bits per heavy atom. The second-order valence-corrected chi connectivity index (χ2v) is 6.35. The van der Waals surface area contributed by atoms with Crippen molar-refractivity contribution in [2.45, 2.75) is 12.2 Å². The largest absolute Gasteiger partial charge is 0.296 e. The van der Waals surface area contributed by atoms with Gasteiger partial charge in [-0.15, -0.1) is 0 Å². The fraction of sp³-hybridized carbons (Fsp3) is 0.667. The van der Waals surface area contributed by atoms with Gasteiger partial charge in [0.2, 0.25) is 5.91 Å². The van der Waals surface area contributed by atoms with Crippen molar-refractivity contribution in [3.05, 3.63) is 0 Å². The molecule has 5 nitrogen and oxygen atoms in total. The number of carbonyl (C=O) groups is 1. The molecule has 0 aromatic heterocycles. The van der Waals surface area contributed by atoms with Gasteiger partial charge in [-0.1, -0.05) is 24.0 Å². The number of nitrogens with zero attached hydrogens (tertiary/aromatic N) is 1. The van der Waals surface area contributed by atoms with Crippen molar-refractivity contribution in [3.63, 3.8) is 0 Å². The summed E-state index contributed by atoms with van der Waals surface area (Å²) < 4.78 is 29.8. The van der Waals surface area contributed by atoms with Crippen LogP contribution >= 0.6 is 24.0 Å². The van der Waals surface area contributed by atoms with Crippen molar-refractivity contribution in [1.29, 1.82) is 0 Å². The molecule has 1 aliphatic rings. The lowest BCUT2D eigenvalue weighted by atomic mass is 10.4. The van der Waals surface area contributed by atoms with Gasteiger partial charge in [0.15, 0.2) is 0 Å². The molecule has 1 atom stereocenters. The minimum absolute atomic E-state index is 0.0756. The molecule has 0 aromatic rings. The summed E-state index contributed by atoms with van der Waals surface area (Å²) in [6.45, 7) is 1.63. The lowest BCUT2D eigenvalue weighted by Gasteiger charge is -2.13. The molecule has 0 aromatic carbocycles. The van der Waals surface area contributed by atoms with Crippen LogP contribution in [0.3, 0.4) is 0 Å². The summed E-state index contributed by atoms with van der Waals surface area (Å²) in [5.74, 6) is -0.685. The fourth-order valence-corrected chi connectivity index (χ4v) is 2.85. The highest BCUT2D eigenvalue weighted by Gasteiger charge is 2.33. The number of hydrogen-bond acceptors (Lipinski definition) is 5. The van der Waals surface area contributed by atoms with Crippen molar-refractivity contribution >= 4 is 44.3 Å². The van der Waals surface area contributed by atoms with Crippen LogP contribution in [0.25, 0.3) is 0 Å². The summed E-state index contributed by atoms with van der Waals surface area (Å²) in [6.07, 6.45) is 0. The molecule has 0 radical (unpaired) electrons. The van der Waals surface area contributed by atoms with Gasteiger partial charge in [0.1, 0.15) is 4.32 Å². The highest BCUT2D eigenvalue weighted by molar-refractivity contribution is 8.24. The Hall–Kier alpha value is -0.180. The van der Waals surface area contributed by atoms with Gasteiger partial charge < -0.3 is 0 Å². The first-order valence-electron chi connectivity index (χ1n) is 3.78. The highest BCUT2D eigenvalue weighted by atomic mass is 32.2. The van der Waals surface area contributed by atoms with Gasteiger partial charge in [-0.25, -0.2) is 0 Å².